The summed E-state index contributed by atoms with van der Waals surface area (Å²) < 4.78 is 1.07. The van der Waals surface area contributed by atoms with Crippen molar-refractivity contribution in [3.05, 3.63) is 59.4 Å². The van der Waals surface area contributed by atoms with E-state index in [1.165, 1.54) is 12.8 Å². The second-order valence-electron chi connectivity index (χ2n) is 7.24. The lowest BCUT2D eigenvalue weighted by Crippen LogP contribution is -2.35. The minimum atomic E-state index is 0.0254. The van der Waals surface area contributed by atoms with E-state index in [0.29, 0.717) is 18.0 Å². The Morgan fingerprint density at radius 1 is 1.41 bits per heavy atom. The summed E-state index contributed by atoms with van der Waals surface area (Å²) in [6.07, 6.45) is 8.21. The van der Waals surface area contributed by atoms with E-state index in [2.05, 4.69) is 28.4 Å². The van der Waals surface area contributed by atoms with E-state index in [0.717, 1.165) is 40.1 Å². The molecule has 0 aromatic carbocycles. The van der Waals surface area contributed by atoms with Crippen LogP contribution in [0, 0.1) is 5.92 Å². The number of carbonyl (C=O) groups is 1. The normalized spacial score (nSPS) is 17.2. The molecular weight excluding hydrogens is 354 g/mol. The summed E-state index contributed by atoms with van der Waals surface area (Å²) >= 11 is 1.62. The molecule has 0 aliphatic carbocycles. The highest BCUT2D eigenvalue weighted by Gasteiger charge is 2.20. The molecule has 1 fully saturated rings. The van der Waals surface area contributed by atoms with Crippen molar-refractivity contribution < 1.29 is 4.79 Å². The molecular formula is C22H23N3OS. The Morgan fingerprint density at radius 3 is 3.11 bits per heavy atom. The first kappa shape index (κ1) is 17.9. The maximum absolute atomic E-state index is 12.9. The van der Waals surface area contributed by atoms with Crippen LogP contribution in [0.2, 0.25) is 0 Å². The van der Waals surface area contributed by atoms with Crippen LogP contribution in [-0.4, -0.2) is 28.8 Å². The Bertz CT molecular complexity index is 994. The number of aromatic nitrogens is 2. The average Bonchev–Trinajstić information content (AvgIpc) is 3.10. The number of pyridine rings is 2. The Hall–Kier alpha value is -2.53. The van der Waals surface area contributed by atoms with Gasteiger partial charge in [0, 0.05) is 54.1 Å². The summed E-state index contributed by atoms with van der Waals surface area (Å²) in [6.45, 7) is 8.19. The predicted molar refractivity (Wildman–Crippen MR) is 113 cm³/mol. The molecule has 4 rings (SSSR count). The van der Waals surface area contributed by atoms with Gasteiger partial charge in [-0.2, -0.15) is 0 Å². The van der Waals surface area contributed by atoms with E-state index >= 15 is 0 Å². The SMILES string of the molecule is C=Cc1csc2ccc(C(=O)Cc3cnccc3N3CCC[C@H](C)C3)nc12. The molecule has 3 aromatic heterocycles. The summed E-state index contributed by atoms with van der Waals surface area (Å²) in [7, 11) is 0. The molecule has 27 heavy (non-hydrogen) atoms. The van der Waals surface area contributed by atoms with Crippen molar-refractivity contribution >= 4 is 39.1 Å². The quantitative estimate of drug-likeness (QED) is 0.587. The van der Waals surface area contributed by atoms with Gasteiger partial charge in [-0.1, -0.05) is 19.6 Å². The molecule has 0 radical (unpaired) electrons. The summed E-state index contributed by atoms with van der Waals surface area (Å²) in [5, 5.41) is 2.02. The number of ketones is 1. The molecule has 1 aliphatic heterocycles. The third-order valence-corrected chi connectivity index (χ3v) is 6.13. The van der Waals surface area contributed by atoms with Gasteiger partial charge in [-0.05, 0) is 37.0 Å². The van der Waals surface area contributed by atoms with Crippen LogP contribution >= 0.6 is 11.3 Å². The second-order valence-corrected chi connectivity index (χ2v) is 8.15. The van der Waals surface area contributed by atoms with Crippen molar-refractivity contribution in [3.8, 4) is 0 Å². The van der Waals surface area contributed by atoms with E-state index in [4.69, 9.17) is 0 Å². The number of rotatable bonds is 5. The van der Waals surface area contributed by atoms with Gasteiger partial charge in [-0.25, -0.2) is 4.98 Å². The van der Waals surface area contributed by atoms with Crippen molar-refractivity contribution in [1.82, 2.24) is 9.97 Å². The van der Waals surface area contributed by atoms with E-state index in [-0.39, 0.29) is 5.78 Å². The van der Waals surface area contributed by atoms with Gasteiger partial charge < -0.3 is 4.90 Å². The lowest BCUT2D eigenvalue weighted by molar-refractivity contribution is 0.0988. The molecule has 0 amide bonds. The Balaban J connectivity index is 1.61. The van der Waals surface area contributed by atoms with E-state index in [9.17, 15) is 4.79 Å². The largest absolute Gasteiger partial charge is 0.371 e. The Labute approximate surface area is 163 Å². The molecule has 0 spiro atoms. The molecule has 3 aromatic rings. The van der Waals surface area contributed by atoms with Gasteiger partial charge in [0.05, 0.1) is 10.2 Å². The highest BCUT2D eigenvalue weighted by Crippen LogP contribution is 2.28. The topological polar surface area (TPSA) is 46.1 Å². The second kappa shape index (κ2) is 7.61. The predicted octanol–water partition coefficient (Wildman–Crippen LogP) is 5.00. The van der Waals surface area contributed by atoms with Crippen molar-refractivity contribution in [1.29, 1.82) is 0 Å². The zero-order valence-electron chi connectivity index (χ0n) is 15.5. The molecule has 1 atom stereocenters. The first-order chi connectivity index (χ1) is 13.2. The number of Topliss-reactive ketones (excluding diaryl/α,β-unsaturated/α-hetero) is 1. The summed E-state index contributed by atoms with van der Waals surface area (Å²) in [6, 6.07) is 5.84. The number of thiophene rings is 1. The molecule has 138 valence electrons. The van der Waals surface area contributed by atoms with Crippen LogP contribution < -0.4 is 4.90 Å². The standard InChI is InChI=1S/C22H23N3OS/c1-3-16-14-27-21-7-6-18(24-22(16)21)20(26)11-17-12-23-9-8-19(17)25-10-4-5-15(2)13-25/h3,6-9,12,14-15H,1,4-5,10-11,13H2,2H3/t15-/m0/s1. The third-order valence-electron chi connectivity index (χ3n) is 5.18. The van der Waals surface area contributed by atoms with Crippen LogP contribution in [0.5, 0.6) is 0 Å². The van der Waals surface area contributed by atoms with Crippen molar-refractivity contribution in [2.24, 2.45) is 5.92 Å². The van der Waals surface area contributed by atoms with Gasteiger partial charge in [0.2, 0.25) is 0 Å². The number of hydrogen-bond acceptors (Lipinski definition) is 5. The number of fused-ring (bicyclic) bond motifs is 1. The zero-order valence-corrected chi connectivity index (χ0v) is 16.3. The fourth-order valence-corrected chi connectivity index (χ4v) is 4.65. The average molecular weight is 378 g/mol. The van der Waals surface area contributed by atoms with E-state index in [1.807, 2.05) is 36.0 Å². The maximum Gasteiger partial charge on any atom is 0.185 e. The number of carbonyl (C=O) groups excluding carboxylic acids is 1. The number of nitrogens with zero attached hydrogens (tertiary/aromatic N) is 3. The monoisotopic (exact) mass is 377 g/mol. The summed E-state index contributed by atoms with van der Waals surface area (Å²) in [4.78, 5) is 24.2. The summed E-state index contributed by atoms with van der Waals surface area (Å²) in [5.41, 5.74) is 4.46. The van der Waals surface area contributed by atoms with Gasteiger partial charge >= 0.3 is 0 Å². The molecule has 1 saturated heterocycles. The van der Waals surface area contributed by atoms with Crippen LogP contribution in [0.1, 0.15) is 41.4 Å². The molecule has 0 bridgehead atoms. The van der Waals surface area contributed by atoms with Gasteiger partial charge in [-0.3, -0.25) is 9.78 Å². The van der Waals surface area contributed by atoms with E-state index in [1.54, 1.807) is 17.4 Å². The van der Waals surface area contributed by atoms with Gasteiger partial charge in [0.1, 0.15) is 5.69 Å². The number of anilines is 1. The van der Waals surface area contributed by atoms with Crippen LogP contribution in [0.25, 0.3) is 16.3 Å². The fraction of sp³-hybridized carbons (Fsp3) is 0.318. The molecule has 4 nitrogen and oxygen atoms in total. The minimum absolute atomic E-state index is 0.0254. The highest BCUT2D eigenvalue weighted by atomic mass is 32.1. The lowest BCUT2D eigenvalue weighted by Gasteiger charge is -2.34. The third kappa shape index (κ3) is 3.65. The first-order valence-corrected chi connectivity index (χ1v) is 10.3. The highest BCUT2D eigenvalue weighted by molar-refractivity contribution is 7.17. The molecule has 1 aliphatic rings. The van der Waals surface area contributed by atoms with E-state index < -0.39 is 0 Å². The Morgan fingerprint density at radius 2 is 2.30 bits per heavy atom. The van der Waals surface area contributed by atoms with Gasteiger partial charge in [0.25, 0.3) is 0 Å². The fourth-order valence-electron chi connectivity index (χ4n) is 3.77. The van der Waals surface area contributed by atoms with Crippen LogP contribution in [0.4, 0.5) is 5.69 Å². The lowest BCUT2D eigenvalue weighted by atomic mass is 9.98. The maximum atomic E-state index is 12.9. The van der Waals surface area contributed by atoms with Gasteiger partial charge in [0.15, 0.2) is 5.78 Å². The first-order valence-electron chi connectivity index (χ1n) is 9.37. The smallest absolute Gasteiger partial charge is 0.185 e. The van der Waals surface area contributed by atoms with Crippen molar-refractivity contribution in [2.45, 2.75) is 26.2 Å². The summed E-state index contributed by atoms with van der Waals surface area (Å²) in [5.74, 6) is 0.702. The molecule has 0 saturated carbocycles. The van der Waals surface area contributed by atoms with Crippen LogP contribution in [-0.2, 0) is 6.42 Å². The molecule has 0 unspecified atom stereocenters. The Kier molecular flexibility index (Phi) is 5.03. The van der Waals surface area contributed by atoms with Crippen LogP contribution in [0.3, 0.4) is 0 Å². The zero-order chi connectivity index (χ0) is 18.8. The van der Waals surface area contributed by atoms with Crippen molar-refractivity contribution in [3.63, 3.8) is 0 Å². The number of piperidine rings is 1. The molecule has 0 N–H and O–H groups in total. The minimum Gasteiger partial charge on any atom is -0.371 e. The molecule has 5 heteroatoms. The van der Waals surface area contributed by atoms with Crippen molar-refractivity contribution in [2.75, 3.05) is 18.0 Å². The van der Waals surface area contributed by atoms with Crippen LogP contribution in [0.15, 0.2) is 42.6 Å². The van der Waals surface area contributed by atoms with Gasteiger partial charge in [-0.15, -0.1) is 11.3 Å². The molecule has 4 heterocycles. The number of hydrogen-bond donors (Lipinski definition) is 0.